The van der Waals surface area contributed by atoms with Crippen LogP contribution in [0.4, 0.5) is 5.82 Å². The van der Waals surface area contributed by atoms with Crippen molar-refractivity contribution in [1.29, 1.82) is 0 Å². The van der Waals surface area contributed by atoms with Crippen molar-refractivity contribution in [2.45, 2.75) is 65.3 Å². The van der Waals surface area contributed by atoms with Gasteiger partial charge in [0.2, 0.25) is 5.95 Å². The van der Waals surface area contributed by atoms with E-state index in [1.165, 1.54) is 4.68 Å². The number of hydrogen-bond acceptors (Lipinski definition) is 5. The number of amides is 2. The van der Waals surface area contributed by atoms with Gasteiger partial charge in [0, 0.05) is 23.4 Å². The molecular formula is C19H26N6O3. The van der Waals surface area contributed by atoms with Crippen LogP contribution in [-0.4, -0.2) is 37.6 Å². The molecule has 150 valence electrons. The Morgan fingerprint density at radius 1 is 1.11 bits per heavy atom. The Morgan fingerprint density at radius 3 is 2.43 bits per heavy atom. The average molecular weight is 386 g/mol. The summed E-state index contributed by atoms with van der Waals surface area (Å²) < 4.78 is 1.32. The highest BCUT2D eigenvalue weighted by molar-refractivity contribution is 6.39. The third-order valence-corrected chi connectivity index (χ3v) is 5.05. The van der Waals surface area contributed by atoms with Gasteiger partial charge in [0.15, 0.2) is 0 Å². The molecule has 9 nitrogen and oxygen atoms in total. The van der Waals surface area contributed by atoms with Crippen molar-refractivity contribution in [3.8, 4) is 5.95 Å². The molecule has 2 aromatic heterocycles. The molecule has 1 aliphatic rings. The summed E-state index contributed by atoms with van der Waals surface area (Å²) in [6, 6.07) is 1.65. The molecule has 0 spiro atoms. The van der Waals surface area contributed by atoms with Gasteiger partial charge in [0.25, 0.3) is 5.56 Å². The van der Waals surface area contributed by atoms with Crippen molar-refractivity contribution in [3.05, 3.63) is 33.4 Å². The summed E-state index contributed by atoms with van der Waals surface area (Å²) in [7, 11) is 0. The second-order valence-corrected chi connectivity index (χ2v) is 7.30. The number of aryl methyl sites for hydroxylation is 2. The standard InChI is InChI=1S/C19H26N6O3/c1-11-10-15(25(24-11)19-20-13(3)12(2)16(26)23-19)22-18(28)17(27)21-14-8-6-4-5-7-9-14/h10,14H,4-9H2,1-3H3,(H,21,27)(H,22,28)(H,20,23,26). The Kier molecular flexibility index (Phi) is 5.91. The average Bonchev–Trinajstić information content (AvgIpc) is 2.84. The molecule has 2 aromatic rings. The van der Waals surface area contributed by atoms with Gasteiger partial charge in [-0.2, -0.15) is 9.78 Å². The van der Waals surface area contributed by atoms with Crippen LogP contribution in [0, 0.1) is 20.8 Å². The van der Waals surface area contributed by atoms with Gasteiger partial charge in [0.1, 0.15) is 5.82 Å². The quantitative estimate of drug-likeness (QED) is 0.547. The highest BCUT2D eigenvalue weighted by Gasteiger charge is 2.22. The molecule has 2 amide bonds. The molecule has 1 fully saturated rings. The van der Waals surface area contributed by atoms with Crippen molar-refractivity contribution in [2.24, 2.45) is 0 Å². The zero-order chi connectivity index (χ0) is 20.3. The predicted molar refractivity (Wildman–Crippen MR) is 104 cm³/mol. The van der Waals surface area contributed by atoms with Crippen LogP contribution < -0.4 is 16.2 Å². The fourth-order valence-corrected chi connectivity index (χ4v) is 3.33. The van der Waals surface area contributed by atoms with E-state index in [1.54, 1.807) is 26.8 Å². The van der Waals surface area contributed by atoms with Crippen LogP contribution >= 0.6 is 0 Å². The molecule has 3 N–H and O–H groups in total. The van der Waals surface area contributed by atoms with E-state index in [-0.39, 0.29) is 23.4 Å². The maximum atomic E-state index is 12.4. The summed E-state index contributed by atoms with van der Waals surface area (Å²) >= 11 is 0. The molecular weight excluding hydrogens is 360 g/mol. The second kappa shape index (κ2) is 8.37. The molecule has 1 aliphatic carbocycles. The molecule has 0 aromatic carbocycles. The second-order valence-electron chi connectivity index (χ2n) is 7.30. The first-order chi connectivity index (χ1) is 13.3. The van der Waals surface area contributed by atoms with E-state index in [0.717, 1.165) is 38.5 Å². The molecule has 0 atom stereocenters. The zero-order valence-corrected chi connectivity index (χ0v) is 16.5. The van der Waals surface area contributed by atoms with Crippen LogP contribution in [0.2, 0.25) is 0 Å². The van der Waals surface area contributed by atoms with E-state index in [9.17, 15) is 14.4 Å². The molecule has 28 heavy (non-hydrogen) atoms. The summed E-state index contributed by atoms with van der Waals surface area (Å²) in [5.41, 5.74) is 1.41. The van der Waals surface area contributed by atoms with Gasteiger partial charge in [0.05, 0.1) is 5.69 Å². The van der Waals surface area contributed by atoms with Crippen LogP contribution in [0.3, 0.4) is 0 Å². The number of aromatic nitrogens is 4. The van der Waals surface area contributed by atoms with Crippen LogP contribution in [0.25, 0.3) is 5.95 Å². The van der Waals surface area contributed by atoms with E-state index in [1.807, 2.05) is 0 Å². The molecule has 0 unspecified atom stereocenters. The van der Waals surface area contributed by atoms with Crippen LogP contribution in [-0.2, 0) is 9.59 Å². The Morgan fingerprint density at radius 2 is 1.79 bits per heavy atom. The highest BCUT2D eigenvalue weighted by Crippen LogP contribution is 2.18. The lowest BCUT2D eigenvalue weighted by atomic mass is 10.1. The lowest BCUT2D eigenvalue weighted by Gasteiger charge is -2.16. The van der Waals surface area contributed by atoms with Crippen molar-refractivity contribution in [1.82, 2.24) is 25.1 Å². The van der Waals surface area contributed by atoms with Gasteiger partial charge in [-0.25, -0.2) is 4.98 Å². The third kappa shape index (κ3) is 4.47. The van der Waals surface area contributed by atoms with Crippen LogP contribution in [0.15, 0.2) is 10.9 Å². The van der Waals surface area contributed by atoms with E-state index in [4.69, 9.17) is 0 Å². The summed E-state index contributed by atoms with van der Waals surface area (Å²) in [5.74, 6) is -0.985. The normalized spacial score (nSPS) is 15.1. The molecule has 0 saturated heterocycles. The number of rotatable bonds is 3. The Balaban J connectivity index is 1.76. The molecule has 2 heterocycles. The monoisotopic (exact) mass is 386 g/mol. The summed E-state index contributed by atoms with van der Waals surface area (Å²) in [6.45, 7) is 5.15. The topological polar surface area (TPSA) is 122 Å². The number of anilines is 1. The van der Waals surface area contributed by atoms with Crippen molar-refractivity contribution >= 4 is 17.6 Å². The van der Waals surface area contributed by atoms with Gasteiger partial charge >= 0.3 is 11.8 Å². The van der Waals surface area contributed by atoms with E-state index >= 15 is 0 Å². The number of carbonyl (C=O) groups is 2. The van der Waals surface area contributed by atoms with Crippen LogP contribution in [0.1, 0.15) is 55.5 Å². The van der Waals surface area contributed by atoms with Gasteiger partial charge < -0.3 is 10.6 Å². The summed E-state index contributed by atoms with van der Waals surface area (Å²) in [4.78, 5) is 43.7. The molecule has 0 radical (unpaired) electrons. The Labute approximate surface area is 162 Å². The highest BCUT2D eigenvalue weighted by atomic mass is 16.2. The maximum absolute atomic E-state index is 12.4. The fourth-order valence-electron chi connectivity index (χ4n) is 3.33. The first kappa shape index (κ1) is 19.8. The minimum absolute atomic E-state index is 0.0326. The van der Waals surface area contributed by atoms with Gasteiger partial charge in [-0.1, -0.05) is 25.7 Å². The number of carbonyl (C=O) groups excluding carboxylic acids is 2. The molecule has 0 bridgehead atoms. The van der Waals surface area contributed by atoms with E-state index < -0.39 is 11.8 Å². The molecule has 0 aliphatic heterocycles. The van der Waals surface area contributed by atoms with E-state index in [2.05, 4.69) is 25.7 Å². The van der Waals surface area contributed by atoms with Gasteiger partial charge in [-0.05, 0) is 33.6 Å². The lowest BCUT2D eigenvalue weighted by Crippen LogP contribution is -2.41. The van der Waals surface area contributed by atoms with E-state index in [0.29, 0.717) is 17.0 Å². The SMILES string of the molecule is Cc1cc(NC(=O)C(=O)NC2CCCCCC2)n(-c2nc(C)c(C)c(=O)[nH]2)n1. The number of H-pyrrole nitrogens is 1. The van der Waals surface area contributed by atoms with Gasteiger partial charge in [-0.3, -0.25) is 19.4 Å². The zero-order valence-electron chi connectivity index (χ0n) is 16.5. The Bertz CT molecular complexity index is 938. The largest absolute Gasteiger partial charge is 0.345 e. The van der Waals surface area contributed by atoms with Crippen molar-refractivity contribution in [2.75, 3.05) is 5.32 Å². The van der Waals surface area contributed by atoms with Crippen molar-refractivity contribution in [3.63, 3.8) is 0 Å². The number of hydrogen-bond donors (Lipinski definition) is 3. The smallest absolute Gasteiger partial charge is 0.314 e. The van der Waals surface area contributed by atoms with Crippen molar-refractivity contribution < 1.29 is 9.59 Å². The number of aromatic amines is 1. The molecule has 3 rings (SSSR count). The summed E-state index contributed by atoms with van der Waals surface area (Å²) in [5, 5.41) is 9.66. The maximum Gasteiger partial charge on any atom is 0.314 e. The molecule has 9 heteroatoms. The number of nitrogens with zero attached hydrogens (tertiary/aromatic N) is 3. The Hall–Kier alpha value is -2.97. The minimum Gasteiger partial charge on any atom is -0.345 e. The van der Waals surface area contributed by atoms with Gasteiger partial charge in [-0.15, -0.1) is 0 Å². The molecule has 1 saturated carbocycles. The lowest BCUT2D eigenvalue weighted by molar-refractivity contribution is -0.136. The predicted octanol–water partition coefficient (Wildman–Crippen LogP) is 1.66. The fraction of sp³-hybridized carbons (Fsp3) is 0.526. The minimum atomic E-state index is -0.767. The third-order valence-electron chi connectivity index (χ3n) is 5.05. The van der Waals surface area contributed by atoms with Crippen LogP contribution in [0.5, 0.6) is 0 Å². The number of nitrogens with one attached hydrogen (secondary N) is 3. The first-order valence-corrected chi connectivity index (χ1v) is 9.61. The summed E-state index contributed by atoms with van der Waals surface area (Å²) in [6.07, 6.45) is 6.23. The first-order valence-electron chi connectivity index (χ1n) is 9.61.